The average Bonchev–Trinajstić information content (AvgIpc) is 2.01. The van der Waals surface area contributed by atoms with E-state index in [4.69, 9.17) is 5.73 Å². The molecule has 0 saturated heterocycles. The maximum atomic E-state index is 10.6. The average molecular weight is 159 g/mol. The molecule has 3 N–H and O–H groups in total. The first-order chi connectivity index (χ1) is 5.20. The van der Waals surface area contributed by atoms with Gasteiger partial charge in [-0.1, -0.05) is 0 Å². The molecule has 0 bridgehead atoms. The van der Waals surface area contributed by atoms with Gasteiger partial charge in [0.05, 0.1) is 6.61 Å². The highest BCUT2D eigenvalue weighted by atomic mass is 16.5. The van der Waals surface area contributed by atoms with Crippen LogP contribution in [0.15, 0.2) is 5.10 Å². The molecule has 0 aliphatic carbocycles. The molecule has 5 heteroatoms. The fourth-order valence-electron chi connectivity index (χ4n) is 0.350. The second-order valence-electron chi connectivity index (χ2n) is 1.88. The fourth-order valence-corrected chi connectivity index (χ4v) is 0.350. The summed E-state index contributed by atoms with van der Waals surface area (Å²) in [7, 11) is 0. The third-order valence-corrected chi connectivity index (χ3v) is 0.909. The number of carbonyl (C=O) groups excluding carboxylic acids is 1. The molecule has 0 saturated carbocycles. The number of hydrazone groups is 1. The molecule has 1 amide bonds. The van der Waals surface area contributed by atoms with E-state index in [2.05, 4.69) is 15.3 Å². The van der Waals surface area contributed by atoms with Gasteiger partial charge in [-0.2, -0.15) is 5.10 Å². The van der Waals surface area contributed by atoms with Crippen molar-refractivity contribution in [3.63, 3.8) is 0 Å². The number of nitrogens with one attached hydrogen (secondary N) is 1. The predicted molar refractivity (Wildman–Crippen MR) is 42.3 cm³/mol. The first kappa shape index (κ1) is 9.90. The van der Waals surface area contributed by atoms with E-state index in [9.17, 15) is 4.79 Å². The van der Waals surface area contributed by atoms with Crippen molar-refractivity contribution in [3.05, 3.63) is 0 Å². The summed E-state index contributed by atoms with van der Waals surface area (Å²) in [6, 6.07) is 0. The Balaban J connectivity index is 3.60. The number of carbonyl (C=O) groups is 1. The Morgan fingerprint density at radius 1 is 1.73 bits per heavy atom. The number of amides is 1. The maximum Gasteiger partial charge on any atom is 0.427 e. The molecule has 64 valence electrons. The van der Waals surface area contributed by atoms with Gasteiger partial charge in [0.15, 0.2) is 0 Å². The van der Waals surface area contributed by atoms with Crippen LogP contribution in [0.2, 0.25) is 0 Å². The van der Waals surface area contributed by atoms with Crippen LogP contribution in [-0.2, 0) is 4.74 Å². The van der Waals surface area contributed by atoms with Crippen molar-refractivity contribution in [3.8, 4) is 0 Å². The summed E-state index contributed by atoms with van der Waals surface area (Å²) in [5.74, 6) is 0. The molecule has 0 heterocycles. The second kappa shape index (κ2) is 5.67. The summed E-state index contributed by atoms with van der Waals surface area (Å²) < 4.78 is 4.54. The summed E-state index contributed by atoms with van der Waals surface area (Å²) in [5.41, 5.74) is 8.04. The molecule has 0 unspecified atom stereocenters. The quantitative estimate of drug-likeness (QED) is 0.451. The number of rotatable bonds is 3. The Kier molecular flexibility index (Phi) is 5.10. The third-order valence-electron chi connectivity index (χ3n) is 0.909. The van der Waals surface area contributed by atoms with Crippen LogP contribution in [-0.4, -0.2) is 25.0 Å². The van der Waals surface area contributed by atoms with Crippen LogP contribution in [0.3, 0.4) is 0 Å². The third kappa shape index (κ3) is 5.35. The summed E-state index contributed by atoms with van der Waals surface area (Å²) in [6.07, 6.45) is -0.555. The Labute approximate surface area is 65.6 Å². The zero-order valence-corrected chi connectivity index (χ0v) is 6.76. The molecule has 0 aromatic rings. The smallest absolute Gasteiger partial charge is 0.427 e. The molecule has 0 radical (unpaired) electrons. The van der Waals surface area contributed by atoms with Crippen molar-refractivity contribution in [2.24, 2.45) is 10.8 Å². The van der Waals surface area contributed by atoms with Gasteiger partial charge in [0, 0.05) is 12.3 Å². The molecule has 0 spiro atoms. The summed E-state index contributed by atoms with van der Waals surface area (Å²) in [4.78, 5) is 10.6. The molecule has 0 rings (SSSR count). The topological polar surface area (TPSA) is 76.7 Å². The zero-order valence-electron chi connectivity index (χ0n) is 6.76. The van der Waals surface area contributed by atoms with E-state index in [1.54, 1.807) is 13.8 Å². The lowest BCUT2D eigenvalue weighted by molar-refractivity contribution is 0.152. The van der Waals surface area contributed by atoms with Crippen LogP contribution in [0.25, 0.3) is 0 Å². The fraction of sp³-hybridized carbons (Fsp3) is 0.667. The van der Waals surface area contributed by atoms with Gasteiger partial charge < -0.3 is 10.5 Å². The molecular weight excluding hydrogens is 146 g/mol. The van der Waals surface area contributed by atoms with Gasteiger partial charge in [0.25, 0.3) is 0 Å². The first-order valence-electron chi connectivity index (χ1n) is 3.36. The van der Waals surface area contributed by atoms with Crippen molar-refractivity contribution in [1.82, 2.24) is 5.43 Å². The van der Waals surface area contributed by atoms with Crippen LogP contribution in [0, 0.1) is 0 Å². The monoisotopic (exact) mass is 159 g/mol. The van der Waals surface area contributed by atoms with Crippen LogP contribution in [0.4, 0.5) is 4.79 Å². The van der Waals surface area contributed by atoms with E-state index in [1.165, 1.54) is 0 Å². The minimum atomic E-state index is -0.555. The van der Waals surface area contributed by atoms with Gasteiger partial charge in [0.2, 0.25) is 0 Å². The predicted octanol–water partition coefficient (Wildman–Crippen LogP) is 0.0671. The lowest BCUT2D eigenvalue weighted by atomic mass is 10.4. The highest BCUT2D eigenvalue weighted by Crippen LogP contribution is 1.76. The lowest BCUT2D eigenvalue weighted by Crippen LogP contribution is -2.22. The summed E-state index contributed by atoms with van der Waals surface area (Å²) >= 11 is 0. The zero-order chi connectivity index (χ0) is 8.69. The number of nitrogens with zero attached hydrogens (tertiary/aromatic N) is 1. The first-order valence-corrected chi connectivity index (χ1v) is 3.36. The molecule has 0 fully saturated rings. The van der Waals surface area contributed by atoms with E-state index in [0.717, 1.165) is 0 Å². The molecular formula is C6H13N3O2. The Bertz CT molecular complexity index is 156. The number of nitrogens with two attached hydrogens (primary N) is 1. The molecule has 0 aromatic carbocycles. The number of hydrogen-bond donors (Lipinski definition) is 2. The minimum Gasteiger partial charge on any atom is -0.449 e. The second-order valence-corrected chi connectivity index (χ2v) is 1.88. The van der Waals surface area contributed by atoms with Gasteiger partial charge in [-0.3, -0.25) is 0 Å². The van der Waals surface area contributed by atoms with E-state index in [1.807, 2.05) is 0 Å². The van der Waals surface area contributed by atoms with Gasteiger partial charge in [0.1, 0.15) is 0 Å². The van der Waals surface area contributed by atoms with Crippen LogP contribution in [0.5, 0.6) is 0 Å². The highest BCUT2D eigenvalue weighted by Gasteiger charge is 1.95. The number of hydrogen-bond acceptors (Lipinski definition) is 4. The van der Waals surface area contributed by atoms with E-state index in [0.29, 0.717) is 18.9 Å². The normalized spacial score (nSPS) is 11.0. The van der Waals surface area contributed by atoms with Gasteiger partial charge >= 0.3 is 6.09 Å². The SMILES string of the molecule is CCOC(=O)N/N=C(\C)CN. The highest BCUT2D eigenvalue weighted by molar-refractivity contribution is 5.84. The van der Waals surface area contributed by atoms with E-state index in [-0.39, 0.29) is 0 Å². The Morgan fingerprint density at radius 3 is 2.82 bits per heavy atom. The Hall–Kier alpha value is -1.10. The minimum absolute atomic E-state index is 0.326. The van der Waals surface area contributed by atoms with Crippen molar-refractivity contribution < 1.29 is 9.53 Å². The summed E-state index contributed by atoms with van der Waals surface area (Å²) in [6.45, 7) is 4.10. The molecule has 0 aliphatic rings. The van der Waals surface area contributed by atoms with Gasteiger partial charge in [-0.05, 0) is 13.8 Å². The van der Waals surface area contributed by atoms with Crippen LogP contribution < -0.4 is 11.2 Å². The Morgan fingerprint density at radius 2 is 2.36 bits per heavy atom. The van der Waals surface area contributed by atoms with Gasteiger partial charge in [-0.15, -0.1) is 0 Å². The van der Waals surface area contributed by atoms with Crippen molar-refractivity contribution in [1.29, 1.82) is 0 Å². The standard InChI is InChI=1S/C6H13N3O2/c1-3-11-6(10)9-8-5(2)4-7/h3-4,7H2,1-2H3,(H,9,10)/b8-5+. The van der Waals surface area contributed by atoms with E-state index >= 15 is 0 Å². The molecule has 0 aromatic heterocycles. The van der Waals surface area contributed by atoms with Crippen molar-refractivity contribution >= 4 is 11.8 Å². The summed E-state index contributed by atoms with van der Waals surface area (Å²) in [5, 5.41) is 3.63. The lowest BCUT2D eigenvalue weighted by Gasteiger charge is -1.99. The molecule has 5 nitrogen and oxygen atoms in total. The molecule has 0 aliphatic heterocycles. The van der Waals surface area contributed by atoms with Gasteiger partial charge in [-0.25, -0.2) is 10.2 Å². The van der Waals surface area contributed by atoms with E-state index < -0.39 is 6.09 Å². The van der Waals surface area contributed by atoms with Crippen molar-refractivity contribution in [2.75, 3.05) is 13.2 Å². The maximum absolute atomic E-state index is 10.6. The molecule has 11 heavy (non-hydrogen) atoms. The van der Waals surface area contributed by atoms with Crippen LogP contribution in [0.1, 0.15) is 13.8 Å². The largest absolute Gasteiger partial charge is 0.449 e. The van der Waals surface area contributed by atoms with Crippen LogP contribution >= 0.6 is 0 Å². The number of ether oxygens (including phenoxy) is 1. The van der Waals surface area contributed by atoms with Crippen molar-refractivity contribution in [2.45, 2.75) is 13.8 Å². The molecule has 0 atom stereocenters.